The lowest BCUT2D eigenvalue weighted by molar-refractivity contribution is 0.0598. The van der Waals surface area contributed by atoms with Gasteiger partial charge in [0.15, 0.2) is 11.4 Å². The fraction of sp³-hybridized carbons (Fsp3) is 0.250. The molecule has 0 spiro atoms. The molecule has 0 bridgehead atoms. The summed E-state index contributed by atoms with van der Waals surface area (Å²) in [4.78, 5) is 26.1. The molecule has 1 aromatic carbocycles. The normalized spacial score (nSPS) is 10.6. The van der Waals surface area contributed by atoms with E-state index in [4.69, 9.17) is 13.9 Å². The number of carbonyl (C=O) groups excluding carboxylic acids is 2. The number of furan rings is 1. The number of amides is 1. The maximum absolute atomic E-state index is 12.9. The van der Waals surface area contributed by atoms with Gasteiger partial charge in [0.2, 0.25) is 0 Å². The first-order valence-electron chi connectivity index (χ1n) is 8.56. The molecule has 3 rings (SSSR count). The number of rotatable bonds is 6. The third kappa shape index (κ3) is 3.75. The van der Waals surface area contributed by atoms with Crippen molar-refractivity contribution in [2.75, 3.05) is 21.3 Å². The molecule has 0 radical (unpaired) electrons. The zero-order chi connectivity index (χ0) is 20.3. The van der Waals surface area contributed by atoms with Crippen molar-refractivity contribution in [1.29, 1.82) is 0 Å². The van der Waals surface area contributed by atoms with E-state index in [-0.39, 0.29) is 18.1 Å². The standard InChI is InChI=1S/C20H21N3O5/c1-13-16(20(25)27-4)10-15(28-13)11-22(2)19(24)18-17(26-3)12-23(21-18)14-8-6-5-7-9-14/h5-10,12H,11H2,1-4H3. The van der Waals surface area contributed by atoms with E-state index in [9.17, 15) is 9.59 Å². The number of aromatic nitrogens is 2. The highest BCUT2D eigenvalue weighted by atomic mass is 16.5. The molecular formula is C20H21N3O5. The Morgan fingerprint density at radius 1 is 1.21 bits per heavy atom. The van der Waals surface area contributed by atoms with Crippen LogP contribution < -0.4 is 4.74 Å². The van der Waals surface area contributed by atoms with Crippen LogP contribution in [0.15, 0.2) is 47.0 Å². The summed E-state index contributed by atoms with van der Waals surface area (Å²) in [6, 6.07) is 11.0. The summed E-state index contributed by atoms with van der Waals surface area (Å²) >= 11 is 0. The van der Waals surface area contributed by atoms with Gasteiger partial charge in [-0.15, -0.1) is 0 Å². The van der Waals surface area contributed by atoms with E-state index in [0.29, 0.717) is 22.8 Å². The van der Waals surface area contributed by atoms with Crippen LogP contribution >= 0.6 is 0 Å². The number of hydrogen-bond donors (Lipinski definition) is 0. The van der Waals surface area contributed by atoms with E-state index in [1.165, 1.54) is 19.1 Å². The molecule has 0 aliphatic heterocycles. The van der Waals surface area contributed by atoms with E-state index in [1.54, 1.807) is 30.9 Å². The minimum absolute atomic E-state index is 0.165. The highest BCUT2D eigenvalue weighted by Gasteiger charge is 2.24. The first kappa shape index (κ1) is 19.2. The third-order valence-corrected chi connectivity index (χ3v) is 4.24. The molecule has 28 heavy (non-hydrogen) atoms. The van der Waals surface area contributed by atoms with Crippen LogP contribution in [0.1, 0.15) is 32.4 Å². The summed E-state index contributed by atoms with van der Waals surface area (Å²) in [6.45, 7) is 1.83. The molecule has 0 atom stereocenters. The molecule has 146 valence electrons. The van der Waals surface area contributed by atoms with Gasteiger partial charge in [-0.3, -0.25) is 4.79 Å². The molecule has 0 fully saturated rings. The van der Waals surface area contributed by atoms with Gasteiger partial charge in [-0.2, -0.15) is 5.10 Å². The average molecular weight is 383 g/mol. The van der Waals surface area contributed by atoms with Gasteiger partial charge in [0.05, 0.1) is 32.6 Å². The minimum atomic E-state index is -0.482. The second-order valence-electron chi connectivity index (χ2n) is 6.16. The molecule has 2 aromatic heterocycles. The van der Waals surface area contributed by atoms with Gasteiger partial charge in [-0.25, -0.2) is 9.48 Å². The topological polar surface area (TPSA) is 86.8 Å². The molecule has 1 amide bonds. The molecule has 3 aromatic rings. The van der Waals surface area contributed by atoms with E-state index in [0.717, 1.165) is 5.69 Å². The van der Waals surface area contributed by atoms with Crippen LogP contribution in [0.4, 0.5) is 0 Å². The van der Waals surface area contributed by atoms with Crippen molar-refractivity contribution in [3.63, 3.8) is 0 Å². The van der Waals surface area contributed by atoms with Crippen molar-refractivity contribution in [2.24, 2.45) is 0 Å². The predicted molar refractivity (Wildman–Crippen MR) is 101 cm³/mol. The molecule has 0 N–H and O–H groups in total. The highest BCUT2D eigenvalue weighted by molar-refractivity contribution is 5.95. The summed E-state index contributed by atoms with van der Waals surface area (Å²) < 4.78 is 17.2. The molecule has 0 saturated carbocycles. The minimum Gasteiger partial charge on any atom is -0.493 e. The molecule has 8 nitrogen and oxygen atoms in total. The quantitative estimate of drug-likeness (QED) is 0.609. The van der Waals surface area contributed by atoms with E-state index in [2.05, 4.69) is 5.10 Å². The van der Waals surface area contributed by atoms with Crippen molar-refractivity contribution in [1.82, 2.24) is 14.7 Å². The lowest BCUT2D eigenvalue weighted by atomic mass is 10.2. The van der Waals surface area contributed by atoms with Gasteiger partial charge in [-0.05, 0) is 25.1 Å². The number of nitrogens with zero attached hydrogens (tertiary/aromatic N) is 3. The van der Waals surface area contributed by atoms with Crippen LogP contribution in [-0.2, 0) is 11.3 Å². The van der Waals surface area contributed by atoms with Gasteiger partial charge in [-0.1, -0.05) is 18.2 Å². The number of methoxy groups -OCH3 is 2. The lowest BCUT2D eigenvalue weighted by Gasteiger charge is -2.14. The second kappa shape index (κ2) is 7.99. The molecule has 0 aliphatic rings. The monoisotopic (exact) mass is 383 g/mol. The van der Waals surface area contributed by atoms with Crippen LogP contribution in [0.25, 0.3) is 5.69 Å². The molecule has 0 saturated heterocycles. The smallest absolute Gasteiger partial charge is 0.341 e. The molecule has 0 unspecified atom stereocenters. The summed E-state index contributed by atoms with van der Waals surface area (Å²) in [5.74, 6) is 0.459. The Hall–Kier alpha value is -3.55. The Bertz CT molecular complexity index is 991. The SMILES string of the molecule is COC(=O)c1cc(CN(C)C(=O)c2nn(-c3ccccc3)cc2OC)oc1C. The van der Waals surface area contributed by atoms with E-state index >= 15 is 0 Å². The van der Waals surface area contributed by atoms with Gasteiger partial charge in [0.1, 0.15) is 17.1 Å². The van der Waals surface area contributed by atoms with E-state index in [1.807, 2.05) is 30.3 Å². The van der Waals surface area contributed by atoms with Gasteiger partial charge in [0.25, 0.3) is 5.91 Å². The molecule has 8 heteroatoms. The summed E-state index contributed by atoms with van der Waals surface area (Å²) in [5.41, 5.74) is 1.33. The first-order valence-corrected chi connectivity index (χ1v) is 8.56. The average Bonchev–Trinajstić information content (AvgIpc) is 3.30. The number of ether oxygens (including phenoxy) is 2. The Morgan fingerprint density at radius 2 is 1.93 bits per heavy atom. The van der Waals surface area contributed by atoms with Crippen molar-refractivity contribution in [2.45, 2.75) is 13.5 Å². The van der Waals surface area contributed by atoms with Crippen molar-refractivity contribution in [3.8, 4) is 11.4 Å². The molecular weight excluding hydrogens is 362 g/mol. The largest absolute Gasteiger partial charge is 0.493 e. The zero-order valence-corrected chi connectivity index (χ0v) is 16.1. The Kier molecular flexibility index (Phi) is 5.49. The van der Waals surface area contributed by atoms with Gasteiger partial charge < -0.3 is 18.8 Å². The summed E-state index contributed by atoms with van der Waals surface area (Å²) in [5, 5.41) is 4.37. The predicted octanol–water partition coefficient (Wildman–Crippen LogP) is 2.84. The fourth-order valence-corrected chi connectivity index (χ4v) is 2.79. The van der Waals surface area contributed by atoms with Crippen LogP contribution in [0.5, 0.6) is 5.75 Å². The summed E-state index contributed by atoms with van der Waals surface area (Å²) in [7, 11) is 4.42. The maximum Gasteiger partial charge on any atom is 0.341 e. The van der Waals surface area contributed by atoms with Gasteiger partial charge >= 0.3 is 5.97 Å². The molecule has 2 heterocycles. The van der Waals surface area contributed by atoms with E-state index < -0.39 is 5.97 Å². The number of aryl methyl sites for hydroxylation is 1. The number of carbonyl (C=O) groups is 2. The lowest BCUT2D eigenvalue weighted by Crippen LogP contribution is -2.27. The van der Waals surface area contributed by atoms with Crippen LogP contribution in [0, 0.1) is 6.92 Å². The van der Waals surface area contributed by atoms with Crippen LogP contribution in [0.3, 0.4) is 0 Å². The second-order valence-corrected chi connectivity index (χ2v) is 6.16. The number of benzene rings is 1. The van der Waals surface area contributed by atoms with Gasteiger partial charge in [0, 0.05) is 7.05 Å². The van der Waals surface area contributed by atoms with Crippen LogP contribution in [-0.4, -0.2) is 47.8 Å². The van der Waals surface area contributed by atoms with Crippen molar-refractivity contribution < 1.29 is 23.5 Å². The number of para-hydroxylation sites is 1. The van der Waals surface area contributed by atoms with Crippen molar-refractivity contribution >= 4 is 11.9 Å². The van der Waals surface area contributed by atoms with Crippen LogP contribution in [0.2, 0.25) is 0 Å². The number of esters is 1. The summed E-state index contributed by atoms with van der Waals surface area (Å²) in [6.07, 6.45) is 1.66. The highest BCUT2D eigenvalue weighted by Crippen LogP contribution is 2.22. The fourth-order valence-electron chi connectivity index (χ4n) is 2.79. The van der Waals surface area contributed by atoms with Crippen molar-refractivity contribution in [3.05, 3.63) is 65.4 Å². The maximum atomic E-state index is 12.9. The first-order chi connectivity index (χ1) is 13.4. The Labute approximate surface area is 162 Å². The zero-order valence-electron chi connectivity index (χ0n) is 16.1. The third-order valence-electron chi connectivity index (χ3n) is 4.24. The Morgan fingerprint density at radius 3 is 2.57 bits per heavy atom. The number of hydrogen-bond acceptors (Lipinski definition) is 6. The molecule has 0 aliphatic carbocycles. The Balaban J connectivity index is 1.82.